The van der Waals surface area contributed by atoms with Gasteiger partial charge in [-0.2, -0.15) is 0 Å². The highest BCUT2D eigenvalue weighted by Gasteiger charge is 2.14. The molecule has 1 heterocycles. The van der Waals surface area contributed by atoms with Gasteiger partial charge in [-0.15, -0.1) is 21.8 Å². The molecule has 18 heavy (non-hydrogen) atoms. The molecule has 0 aliphatic rings. The molecule has 4 heteroatoms. The molecule has 0 bridgehead atoms. The number of aryl methyl sites for hydroxylation is 1. The summed E-state index contributed by atoms with van der Waals surface area (Å²) < 4.78 is 2.12. The van der Waals surface area contributed by atoms with Crippen molar-refractivity contribution in [3.05, 3.63) is 47.0 Å². The Hall–Kier alpha value is -1.35. The normalized spacial score (nSPS) is 11.2. The van der Waals surface area contributed by atoms with Crippen LogP contribution < -0.4 is 0 Å². The predicted octanol–water partition coefficient (Wildman–Crippen LogP) is 3.50. The van der Waals surface area contributed by atoms with Gasteiger partial charge >= 0.3 is 0 Å². The Morgan fingerprint density at radius 3 is 2.56 bits per heavy atom. The fraction of sp³-hybridized carbons (Fsp3) is 0.429. The average Bonchev–Trinajstić information content (AvgIpc) is 2.72. The maximum atomic E-state index is 5.89. The second-order valence-electron chi connectivity index (χ2n) is 4.80. The molecule has 0 spiro atoms. The first-order chi connectivity index (χ1) is 8.61. The van der Waals surface area contributed by atoms with Crippen molar-refractivity contribution in [2.24, 2.45) is 0 Å². The highest BCUT2D eigenvalue weighted by atomic mass is 35.5. The minimum Gasteiger partial charge on any atom is -0.311 e. The van der Waals surface area contributed by atoms with E-state index in [0.29, 0.717) is 11.9 Å². The monoisotopic (exact) mass is 263 g/mol. The first-order valence-corrected chi connectivity index (χ1v) is 6.69. The molecule has 0 amide bonds. The highest BCUT2D eigenvalue weighted by molar-refractivity contribution is 6.16. The summed E-state index contributed by atoms with van der Waals surface area (Å²) in [5, 5.41) is 8.42. The average molecular weight is 264 g/mol. The topological polar surface area (TPSA) is 30.7 Å². The van der Waals surface area contributed by atoms with Gasteiger partial charge in [0.2, 0.25) is 0 Å². The van der Waals surface area contributed by atoms with E-state index >= 15 is 0 Å². The Morgan fingerprint density at radius 1 is 1.22 bits per heavy atom. The maximum absolute atomic E-state index is 5.89. The lowest BCUT2D eigenvalue weighted by Gasteiger charge is -2.13. The third kappa shape index (κ3) is 2.72. The summed E-state index contributed by atoms with van der Waals surface area (Å²) in [6.45, 7) is 6.35. The van der Waals surface area contributed by atoms with Crippen molar-refractivity contribution in [2.75, 3.05) is 0 Å². The van der Waals surface area contributed by atoms with Crippen LogP contribution in [0.25, 0.3) is 0 Å². The van der Waals surface area contributed by atoms with Gasteiger partial charge < -0.3 is 4.57 Å². The van der Waals surface area contributed by atoms with Crippen LogP contribution in [0.15, 0.2) is 24.3 Å². The summed E-state index contributed by atoms with van der Waals surface area (Å²) in [6.07, 6.45) is 0.795. The smallest absolute Gasteiger partial charge is 0.148 e. The van der Waals surface area contributed by atoms with Crippen LogP contribution in [-0.4, -0.2) is 14.8 Å². The third-order valence-electron chi connectivity index (χ3n) is 2.92. The standard InChI is InChI=1S/C14H18ClN3/c1-10(2)18-13(16-17-14(18)9-15)8-12-6-4-5-11(3)7-12/h4-7,10H,8-9H2,1-3H3. The number of halogens is 1. The van der Waals surface area contributed by atoms with E-state index in [1.54, 1.807) is 0 Å². The predicted molar refractivity (Wildman–Crippen MR) is 73.9 cm³/mol. The van der Waals surface area contributed by atoms with Crippen molar-refractivity contribution < 1.29 is 0 Å². The van der Waals surface area contributed by atoms with Gasteiger partial charge in [0, 0.05) is 12.5 Å². The summed E-state index contributed by atoms with van der Waals surface area (Å²) in [7, 11) is 0. The number of rotatable bonds is 4. The molecule has 0 unspecified atom stereocenters. The summed E-state index contributed by atoms with van der Waals surface area (Å²) in [6, 6.07) is 8.80. The molecule has 2 rings (SSSR count). The number of alkyl halides is 1. The van der Waals surface area contributed by atoms with Crippen LogP contribution in [-0.2, 0) is 12.3 Å². The van der Waals surface area contributed by atoms with Crippen LogP contribution in [0.2, 0.25) is 0 Å². The van der Waals surface area contributed by atoms with Crippen LogP contribution in [0.3, 0.4) is 0 Å². The molecule has 0 fully saturated rings. The van der Waals surface area contributed by atoms with E-state index < -0.39 is 0 Å². The lowest BCUT2D eigenvalue weighted by atomic mass is 10.1. The number of hydrogen-bond donors (Lipinski definition) is 0. The zero-order valence-corrected chi connectivity index (χ0v) is 11.8. The Morgan fingerprint density at radius 2 is 1.94 bits per heavy atom. The number of hydrogen-bond acceptors (Lipinski definition) is 2. The van der Waals surface area contributed by atoms with Gasteiger partial charge in [0.1, 0.15) is 11.6 Å². The van der Waals surface area contributed by atoms with Crippen molar-refractivity contribution in [1.29, 1.82) is 0 Å². The zero-order valence-electron chi connectivity index (χ0n) is 11.0. The van der Waals surface area contributed by atoms with Crippen molar-refractivity contribution in [3.8, 4) is 0 Å². The third-order valence-corrected chi connectivity index (χ3v) is 3.16. The van der Waals surface area contributed by atoms with Gasteiger partial charge in [-0.1, -0.05) is 29.8 Å². The number of benzene rings is 1. The molecule has 0 saturated carbocycles. The number of aromatic nitrogens is 3. The summed E-state index contributed by atoms with van der Waals surface area (Å²) in [5.41, 5.74) is 2.52. The van der Waals surface area contributed by atoms with Gasteiger partial charge in [0.15, 0.2) is 0 Å². The van der Waals surface area contributed by atoms with E-state index in [2.05, 4.69) is 59.8 Å². The summed E-state index contributed by atoms with van der Waals surface area (Å²) in [5.74, 6) is 2.22. The zero-order chi connectivity index (χ0) is 13.1. The first-order valence-electron chi connectivity index (χ1n) is 6.16. The Kier molecular flexibility index (Phi) is 4.02. The maximum Gasteiger partial charge on any atom is 0.148 e. The van der Waals surface area contributed by atoms with Crippen molar-refractivity contribution in [2.45, 2.75) is 39.1 Å². The molecular weight excluding hydrogens is 246 g/mol. The second-order valence-corrected chi connectivity index (χ2v) is 5.06. The van der Waals surface area contributed by atoms with Gasteiger partial charge in [-0.25, -0.2) is 0 Å². The van der Waals surface area contributed by atoms with E-state index in [1.807, 2.05) is 0 Å². The minimum absolute atomic E-state index is 0.327. The molecule has 1 aromatic heterocycles. The van der Waals surface area contributed by atoms with Gasteiger partial charge in [-0.3, -0.25) is 0 Å². The van der Waals surface area contributed by atoms with E-state index in [0.717, 1.165) is 18.1 Å². The highest BCUT2D eigenvalue weighted by Crippen LogP contribution is 2.17. The lowest BCUT2D eigenvalue weighted by Crippen LogP contribution is -2.10. The fourth-order valence-corrected chi connectivity index (χ4v) is 2.36. The lowest BCUT2D eigenvalue weighted by molar-refractivity contribution is 0.557. The first kappa shape index (κ1) is 13.1. The van der Waals surface area contributed by atoms with Gasteiger partial charge in [0.05, 0.1) is 5.88 Å². The Bertz CT molecular complexity index is 532. The van der Waals surface area contributed by atoms with E-state index in [4.69, 9.17) is 11.6 Å². The molecule has 0 N–H and O–H groups in total. The van der Waals surface area contributed by atoms with Crippen LogP contribution in [0.1, 0.15) is 42.7 Å². The fourth-order valence-electron chi connectivity index (χ4n) is 2.17. The van der Waals surface area contributed by atoms with Gasteiger partial charge in [0.25, 0.3) is 0 Å². The molecule has 0 saturated heterocycles. The molecule has 1 aromatic carbocycles. The quantitative estimate of drug-likeness (QED) is 0.791. The van der Waals surface area contributed by atoms with Crippen molar-refractivity contribution in [3.63, 3.8) is 0 Å². The molecule has 0 atom stereocenters. The molecule has 2 aromatic rings. The largest absolute Gasteiger partial charge is 0.311 e. The molecule has 0 radical (unpaired) electrons. The summed E-state index contributed by atoms with van der Waals surface area (Å²) in [4.78, 5) is 0. The molecule has 3 nitrogen and oxygen atoms in total. The van der Waals surface area contributed by atoms with Crippen LogP contribution in [0.5, 0.6) is 0 Å². The minimum atomic E-state index is 0.327. The van der Waals surface area contributed by atoms with Crippen molar-refractivity contribution in [1.82, 2.24) is 14.8 Å². The molecule has 0 aliphatic carbocycles. The molecule has 0 aliphatic heterocycles. The summed E-state index contributed by atoms with van der Waals surface area (Å²) >= 11 is 5.89. The molecule has 96 valence electrons. The number of nitrogens with zero attached hydrogens (tertiary/aromatic N) is 3. The van der Waals surface area contributed by atoms with E-state index in [1.165, 1.54) is 11.1 Å². The van der Waals surface area contributed by atoms with Gasteiger partial charge in [-0.05, 0) is 26.3 Å². The Labute approximate surface area is 113 Å². The van der Waals surface area contributed by atoms with Crippen molar-refractivity contribution >= 4 is 11.6 Å². The van der Waals surface area contributed by atoms with Crippen LogP contribution >= 0.6 is 11.6 Å². The SMILES string of the molecule is Cc1cccc(Cc2nnc(CCl)n2C(C)C)c1. The Balaban J connectivity index is 2.32. The molecular formula is C14H18ClN3. The van der Waals surface area contributed by atoms with E-state index in [-0.39, 0.29) is 0 Å². The van der Waals surface area contributed by atoms with E-state index in [9.17, 15) is 0 Å². The van der Waals surface area contributed by atoms with Crippen LogP contribution in [0, 0.1) is 6.92 Å². The second kappa shape index (κ2) is 5.53. The van der Waals surface area contributed by atoms with Crippen LogP contribution in [0.4, 0.5) is 0 Å².